The maximum absolute atomic E-state index is 11.5. The number of aryl methyl sites for hydroxylation is 1. The van der Waals surface area contributed by atoms with Crippen LogP contribution in [0.25, 0.3) is 0 Å². The Labute approximate surface area is 111 Å². The zero-order chi connectivity index (χ0) is 13.5. The fraction of sp³-hybridized carbons (Fsp3) is 0.385. The number of esters is 1. The second kappa shape index (κ2) is 7.01. The van der Waals surface area contributed by atoms with Crippen molar-refractivity contribution in [3.63, 3.8) is 0 Å². The smallest absolute Gasteiger partial charge is 0.356 e. The van der Waals surface area contributed by atoms with Crippen LogP contribution in [0.3, 0.4) is 0 Å². The Balaban J connectivity index is 2.58. The molecule has 5 heteroatoms. The lowest BCUT2D eigenvalue weighted by Gasteiger charge is -2.08. The number of rotatable bonds is 5. The second-order valence-electron chi connectivity index (χ2n) is 4.13. The van der Waals surface area contributed by atoms with Crippen molar-refractivity contribution in [3.8, 4) is 0 Å². The van der Waals surface area contributed by atoms with Crippen LogP contribution < -0.4 is 0 Å². The van der Waals surface area contributed by atoms with Gasteiger partial charge in [-0.05, 0) is 38.0 Å². The van der Waals surface area contributed by atoms with Crippen molar-refractivity contribution in [2.24, 2.45) is 5.16 Å². The van der Waals surface area contributed by atoms with E-state index in [0.717, 1.165) is 5.56 Å². The molecule has 4 nitrogen and oxygen atoms in total. The van der Waals surface area contributed by atoms with Crippen molar-refractivity contribution >= 4 is 23.3 Å². The van der Waals surface area contributed by atoms with Crippen LogP contribution in [-0.4, -0.2) is 23.0 Å². The standard InChI is InChI=1S/C13H16ClNO3/c1-9(2)18-13(16)12(15-17)7-6-10-4-3-5-11(14)8-10/h3-5,8-9,17H,6-7H2,1-2H3/b15-12+. The Morgan fingerprint density at radius 1 is 1.50 bits per heavy atom. The highest BCUT2D eigenvalue weighted by molar-refractivity contribution is 6.36. The van der Waals surface area contributed by atoms with Crippen molar-refractivity contribution in [3.05, 3.63) is 34.9 Å². The topological polar surface area (TPSA) is 58.9 Å². The molecule has 1 N–H and O–H groups in total. The molecule has 0 fully saturated rings. The highest BCUT2D eigenvalue weighted by Crippen LogP contribution is 2.12. The first-order valence-corrected chi connectivity index (χ1v) is 6.07. The normalized spacial score (nSPS) is 11.7. The molecule has 0 amide bonds. The summed E-state index contributed by atoms with van der Waals surface area (Å²) in [5.41, 5.74) is 0.990. The molecule has 1 rings (SSSR count). The summed E-state index contributed by atoms with van der Waals surface area (Å²) in [6, 6.07) is 7.32. The SMILES string of the molecule is CC(C)OC(=O)/C(CCc1cccc(Cl)c1)=N/O. The molecule has 0 saturated heterocycles. The van der Waals surface area contributed by atoms with E-state index < -0.39 is 5.97 Å². The molecule has 0 aliphatic carbocycles. The molecule has 0 bridgehead atoms. The number of hydrogen-bond acceptors (Lipinski definition) is 4. The zero-order valence-electron chi connectivity index (χ0n) is 10.4. The number of carbonyl (C=O) groups excluding carboxylic acids is 1. The highest BCUT2D eigenvalue weighted by Gasteiger charge is 2.15. The van der Waals surface area contributed by atoms with Crippen molar-refractivity contribution in [2.45, 2.75) is 32.8 Å². The Kier molecular flexibility index (Phi) is 5.65. The van der Waals surface area contributed by atoms with Crippen LogP contribution >= 0.6 is 11.6 Å². The lowest BCUT2D eigenvalue weighted by molar-refractivity contribution is -0.139. The third kappa shape index (κ3) is 4.75. The third-order valence-corrected chi connectivity index (χ3v) is 2.47. The van der Waals surface area contributed by atoms with Crippen molar-refractivity contribution < 1.29 is 14.7 Å². The fourth-order valence-electron chi connectivity index (χ4n) is 1.43. The minimum atomic E-state index is -0.588. The largest absolute Gasteiger partial charge is 0.458 e. The summed E-state index contributed by atoms with van der Waals surface area (Å²) in [7, 11) is 0. The van der Waals surface area contributed by atoms with Crippen molar-refractivity contribution in [1.82, 2.24) is 0 Å². The van der Waals surface area contributed by atoms with Gasteiger partial charge in [-0.3, -0.25) is 0 Å². The summed E-state index contributed by atoms with van der Waals surface area (Å²) in [4.78, 5) is 11.5. The molecule has 0 radical (unpaired) electrons. The summed E-state index contributed by atoms with van der Waals surface area (Å²) in [6.45, 7) is 3.48. The molecule has 0 aromatic heterocycles. The maximum atomic E-state index is 11.5. The minimum Gasteiger partial charge on any atom is -0.458 e. The zero-order valence-corrected chi connectivity index (χ0v) is 11.1. The molecule has 18 heavy (non-hydrogen) atoms. The lowest BCUT2D eigenvalue weighted by atomic mass is 10.1. The van der Waals surface area contributed by atoms with E-state index in [1.54, 1.807) is 19.9 Å². The van der Waals surface area contributed by atoms with Gasteiger partial charge in [-0.1, -0.05) is 28.9 Å². The van der Waals surface area contributed by atoms with Gasteiger partial charge in [-0.25, -0.2) is 4.79 Å². The molecular weight excluding hydrogens is 254 g/mol. The predicted molar refractivity (Wildman–Crippen MR) is 70.2 cm³/mol. The van der Waals surface area contributed by atoms with Gasteiger partial charge in [0.25, 0.3) is 0 Å². The van der Waals surface area contributed by atoms with Gasteiger partial charge in [0, 0.05) is 11.4 Å². The van der Waals surface area contributed by atoms with E-state index >= 15 is 0 Å². The Morgan fingerprint density at radius 2 is 2.22 bits per heavy atom. The van der Waals surface area contributed by atoms with Crippen molar-refractivity contribution in [1.29, 1.82) is 0 Å². The number of oxime groups is 1. The van der Waals surface area contributed by atoms with Crippen molar-refractivity contribution in [2.75, 3.05) is 0 Å². The fourth-order valence-corrected chi connectivity index (χ4v) is 1.64. The lowest BCUT2D eigenvalue weighted by Crippen LogP contribution is -2.21. The summed E-state index contributed by atoms with van der Waals surface area (Å²) in [6.07, 6.45) is 0.635. The first-order chi connectivity index (χ1) is 8.52. The Hall–Kier alpha value is -1.55. The molecule has 0 saturated carbocycles. The van der Waals surface area contributed by atoms with Crippen LogP contribution in [0.4, 0.5) is 0 Å². The van der Waals surface area contributed by atoms with Gasteiger partial charge in [0.15, 0.2) is 5.71 Å². The van der Waals surface area contributed by atoms with Crippen LogP contribution in [-0.2, 0) is 16.0 Å². The summed E-state index contributed by atoms with van der Waals surface area (Å²) >= 11 is 5.85. The molecule has 0 aliphatic rings. The average molecular weight is 270 g/mol. The molecular formula is C13H16ClNO3. The highest BCUT2D eigenvalue weighted by atomic mass is 35.5. The van der Waals surface area contributed by atoms with Crippen LogP contribution in [0.15, 0.2) is 29.4 Å². The van der Waals surface area contributed by atoms with Gasteiger partial charge in [0.1, 0.15) is 0 Å². The van der Waals surface area contributed by atoms with Crippen LogP contribution in [0.2, 0.25) is 5.02 Å². The third-order valence-electron chi connectivity index (χ3n) is 2.24. The number of ether oxygens (including phenoxy) is 1. The van der Waals surface area contributed by atoms with Gasteiger partial charge in [-0.15, -0.1) is 0 Å². The van der Waals surface area contributed by atoms with E-state index in [9.17, 15) is 4.79 Å². The summed E-state index contributed by atoms with van der Waals surface area (Å²) in [5, 5.41) is 12.4. The van der Waals surface area contributed by atoms with E-state index in [2.05, 4.69) is 5.16 Å². The molecule has 98 valence electrons. The number of benzene rings is 1. The molecule has 0 unspecified atom stereocenters. The predicted octanol–water partition coefficient (Wildman–Crippen LogP) is 3.05. The molecule has 1 aromatic rings. The maximum Gasteiger partial charge on any atom is 0.356 e. The first-order valence-electron chi connectivity index (χ1n) is 5.69. The van der Waals surface area contributed by atoms with Gasteiger partial charge in [0.2, 0.25) is 0 Å². The van der Waals surface area contributed by atoms with Crippen LogP contribution in [0.1, 0.15) is 25.8 Å². The van der Waals surface area contributed by atoms with E-state index in [-0.39, 0.29) is 11.8 Å². The summed E-state index contributed by atoms with van der Waals surface area (Å²) < 4.78 is 4.96. The van der Waals surface area contributed by atoms with E-state index in [4.69, 9.17) is 21.5 Å². The number of carbonyl (C=O) groups is 1. The number of hydrogen-bond donors (Lipinski definition) is 1. The van der Waals surface area contributed by atoms with Gasteiger partial charge >= 0.3 is 5.97 Å². The van der Waals surface area contributed by atoms with Crippen LogP contribution in [0.5, 0.6) is 0 Å². The van der Waals surface area contributed by atoms with E-state index in [0.29, 0.717) is 17.9 Å². The van der Waals surface area contributed by atoms with Crippen LogP contribution in [0, 0.1) is 0 Å². The molecule has 0 atom stereocenters. The number of nitrogens with zero attached hydrogens (tertiary/aromatic N) is 1. The van der Waals surface area contributed by atoms with Gasteiger partial charge in [0.05, 0.1) is 6.10 Å². The van der Waals surface area contributed by atoms with E-state index in [1.165, 1.54) is 0 Å². The number of halogens is 1. The first kappa shape index (κ1) is 14.5. The molecule has 0 spiro atoms. The van der Waals surface area contributed by atoms with E-state index in [1.807, 2.05) is 18.2 Å². The monoisotopic (exact) mass is 269 g/mol. The Morgan fingerprint density at radius 3 is 2.78 bits per heavy atom. The molecule has 0 heterocycles. The second-order valence-corrected chi connectivity index (χ2v) is 4.57. The minimum absolute atomic E-state index is 0.0173. The molecule has 0 aliphatic heterocycles. The average Bonchev–Trinajstić information content (AvgIpc) is 2.29. The quantitative estimate of drug-likeness (QED) is 0.387. The van der Waals surface area contributed by atoms with Gasteiger partial charge in [-0.2, -0.15) is 0 Å². The Bertz CT molecular complexity index is 444. The molecule has 1 aromatic carbocycles. The summed E-state index contributed by atoms with van der Waals surface area (Å²) in [5.74, 6) is -0.588. The van der Waals surface area contributed by atoms with Gasteiger partial charge < -0.3 is 9.94 Å².